The van der Waals surface area contributed by atoms with Gasteiger partial charge in [-0.1, -0.05) is 0 Å². The van der Waals surface area contributed by atoms with Crippen LogP contribution in [0.15, 0.2) is 22.9 Å². The van der Waals surface area contributed by atoms with E-state index in [9.17, 15) is 14.9 Å². The molecule has 0 atom stereocenters. The van der Waals surface area contributed by atoms with Crippen LogP contribution in [0.5, 0.6) is 0 Å². The summed E-state index contributed by atoms with van der Waals surface area (Å²) in [5.41, 5.74) is 0.463. The van der Waals surface area contributed by atoms with E-state index in [2.05, 4.69) is 26.2 Å². The molecule has 0 aliphatic carbocycles. The van der Waals surface area contributed by atoms with Gasteiger partial charge in [0, 0.05) is 16.7 Å². The van der Waals surface area contributed by atoms with E-state index in [1.807, 2.05) is 20.0 Å². The van der Waals surface area contributed by atoms with Gasteiger partial charge in [-0.25, -0.2) is 4.98 Å². The zero-order valence-electron chi connectivity index (χ0n) is 10.7. The van der Waals surface area contributed by atoms with Gasteiger partial charge in [-0.3, -0.25) is 20.2 Å². The third-order valence-electron chi connectivity index (χ3n) is 2.50. The van der Waals surface area contributed by atoms with Crippen LogP contribution in [0.25, 0.3) is 0 Å². The maximum atomic E-state index is 12.2. The Morgan fingerprint density at radius 1 is 1.60 bits per heavy atom. The number of aromatic nitrogens is 2. The first-order valence-corrected chi connectivity index (χ1v) is 7.28. The van der Waals surface area contributed by atoms with Gasteiger partial charge in [-0.2, -0.15) is 0 Å². The van der Waals surface area contributed by atoms with E-state index in [4.69, 9.17) is 0 Å². The number of carbonyl (C=O) groups excluding carboxylic acids is 1. The summed E-state index contributed by atoms with van der Waals surface area (Å²) in [4.78, 5) is 26.0. The van der Waals surface area contributed by atoms with Gasteiger partial charge in [-0.15, -0.1) is 0 Å². The van der Waals surface area contributed by atoms with E-state index in [0.29, 0.717) is 5.69 Å². The predicted octanol–water partition coefficient (Wildman–Crippen LogP) is 3.45. The molecule has 0 saturated heterocycles. The molecule has 106 valence electrons. The lowest BCUT2D eigenvalue weighted by molar-refractivity contribution is -0.380. The first-order valence-electron chi connectivity index (χ1n) is 5.67. The number of rotatable bonds is 4. The Morgan fingerprint density at radius 2 is 2.30 bits per heavy atom. The quantitative estimate of drug-likeness (QED) is 0.669. The lowest BCUT2D eigenvalue weighted by Crippen LogP contribution is -2.17. The van der Waals surface area contributed by atoms with Crippen LogP contribution in [-0.2, 0) is 0 Å². The van der Waals surface area contributed by atoms with Crippen molar-refractivity contribution in [2.24, 2.45) is 0 Å². The van der Waals surface area contributed by atoms with Crippen LogP contribution >= 0.6 is 27.3 Å². The van der Waals surface area contributed by atoms with Gasteiger partial charge in [0.1, 0.15) is 11.9 Å². The molecule has 2 aromatic heterocycles. The summed E-state index contributed by atoms with van der Waals surface area (Å²) in [7, 11) is 0. The number of anilines is 1. The number of nitrogens with zero attached hydrogens (tertiary/aromatic N) is 3. The Morgan fingerprint density at radius 3 is 2.85 bits per heavy atom. The average molecular weight is 359 g/mol. The van der Waals surface area contributed by atoms with Crippen LogP contribution < -0.4 is 5.32 Å². The first kappa shape index (κ1) is 14.7. The second-order valence-electron chi connectivity index (χ2n) is 4.26. The maximum Gasteiger partial charge on any atom is 0.345 e. The Balaban J connectivity index is 2.21. The fourth-order valence-electron chi connectivity index (χ4n) is 1.62. The summed E-state index contributed by atoms with van der Waals surface area (Å²) in [6, 6.07) is 1.81. The molecule has 0 fully saturated rings. The number of nitrogens with one attached hydrogen (secondary N) is 1. The van der Waals surface area contributed by atoms with Crippen molar-refractivity contribution in [3.8, 4) is 0 Å². The highest BCUT2D eigenvalue weighted by atomic mass is 79.9. The van der Waals surface area contributed by atoms with E-state index in [1.54, 1.807) is 10.6 Å². The molecule has 0 aliphatic heterocycles. The minimum atomic E-state index is -0.541. The van der Waals surface area contributed by atoms with E-state index < -0.39 is 4.92 Å². The summed E-state index contributed by atoms with van der Waals surface area (Å²) in [6.07, 6.45) is 2.93. The molecule has 0 spiro atoms. The summed E-state index contributed by atoms with van der Waals surface area (Å²) in [5, 5.41) is 13.2. The molecule has 2 aromatic rings. The largest absolute Gasteiger partial charge is 0.345 e. The van der Waals surface area contributed by atoms with Crippen LogP contribution in [0, 0.1) is 10.1 Å². The molecule has 1 N–H and O–H groups in total. The number of carbonyl (C=O) groups is 1. The van der Waals surface area contributed by atoms with Crippen LogP contribution in [0.3, 0.4) is 0 Å². The Hall–Kier alpha value is -1.74. The molecular formula is C11H11BrN4O3S. The first-order chi connectivity index (χ1) is 9.38. The minimum absolute atomic E-state index is 0.110. The summed E-state index contributed by atoms with van der Waals surface area (Å²) in [5.74, 6) is -0.353. The lowest BCUT2D eigenvalue weighted by Gasteiger charge is -2.11. The van der Waals surface area contributed by atoms with E-state index >= 15 is 0 Å². The number of thiazole rings is 1. The van der Waals surface area contributed by atoms with Crippen molar-refractivity contribution < 1.29 is 9.72 Å². The van der Waals surface area contributed by atoms with Crippen LogP contribution in [-0.4, -0.2) is 20.4 Å². The van der Waals surface area contributed by atoms with Gasteiger partial charge in [-0.05, 0) is 47.2 Å². The number of hydrogen-bond donors (Lipinski definition) is 1. The number of amides is 1. The highest BCUT2D eigenvalue weighted by molar-refractivity contribution is 9.10. The molecule has 0 saturated carbocycles. The molecule has 2 rings (SSSR count). The monoisotopic (exact) mass is 358 g/mol. The van der Waals surface area contributed by atoms with Crippen LogP contribution in [0.4, 0.5) is 10.1 Å². The van der Waals surface area contributed by atoms with E-state index in [1.165, 1.54) is 0 Å². The van der Waals surface area contributed by atoms with Gasteiger partial charge in [0.25, 0.3) is 5.91 Å². The topological polar surface area (TPSA) is 90.1 Å². The molecule has 2 heterocycles. The zero-order chi connectivity index (χ0) is 14.9. The molecular weight excluding hydrogens is 348 g/mol. The fourth-order valence-corrected chi connectivity index (χ4v) is 2.69. The number of hydrogen-bond acceptors (Lipinski definition) is 5. The zero-order valence-corrected chi connectivity index (χ0v) is 13.1. The van der Waals surface area contributed by atoms with Crippen molar-refractivity contribution in [2.45, 2.75) is 19.9 Å². The number of halogens is 1. The lowest BCUT2D eigenvalue weighted by atomic mass is 10.3. The Labute approximate surface area is 126 Å². The number of nitro groups is 1. The van der Waals surface area contributed by atoms with Crippen molar-refractivity contribution in [3.05, 3.63) is 38.7 Å². The van der Waals surface area contributed by atoms with Gasteiger partial charge in [0.2, 0.25) is 0 Å². The molecule has 1 amide bonds. The predicted molar refractivity (Wildman–Crippen MR) is 79.2 cm³/mol. The highest BCUT2D eigenvalue weighted by Crippen LogP contribution is 2.26. The smallest absolute Gasteiger partial charge is 0.340 e. The maximum absolute atomic E-state index is 12.2. The average Bonchev–Trinajstić information content (AvgIpc) is 2.95. The van der Waals surface area contributed by atoms with Gasteiger partial charge < -0.3 is 4.57 Å². The summed E-state index contributed by atoms with van der Waals surface area (Å²) < 4.78 is 2.60. The molecule has 0 bridgehead atoms. The minimum Gasteiger partial charge on any atom is -0.340 e. The molecule has 0 unspecified atom stereocenters. The molecule has 0 radical (unpaired) electrons. The van der Waals surface area contributed by atoms with Crippen LogP contribution in [0.1, 0.15) is 30.4 Å². The van der Waals surface area contributed by atoms with Gasteiger partial charge in [0.05, 0.1) is 4.92 Å². The summed E-state index contributed by atoms with van der Waals surface area (Å²) >= 11 is 4.15. The molecule has 20 heavy (non-hydrogen) atoms. The third-order valence-corrected chi connectivity index (χ3v) is 3.80. The van der Waals surface area contributed by atoms with Crippen molar-refractivity contribution >= 4 is 43.3 Å². The molecule has 0 aromatic carbocycles. The molecule has 9 heteroatoms. The summed E-state index contributed by atoms with van der Waals surface area (Å²) in [6.45, 7) is 3.91. The normalized spacial score (nSPS) is 10.8. The fraction of sp³-hybridized carbons (Fsp3) is 0.273. The van der Waals surface area contributed by atoms with Gasteiger partial charge >= 0.3 is 5.00 Å². The highest BCUT2D eigenvalue weighted by Gasteiger charge is 2.18. The van der Waals surface area contributed by atoms with Crippen molar-refractivity contribution in [3.63, 3.8) is 0 Å². The van der Waals surface area contributed by atoms with Gasteiger partial charge in [0.15, 0.2) is 5.13 Å². The third kappa shape index (κ3) is 3.05. The standard InChI is InChI=1S/C11H11BrN4O3S/c1-6(2)15-5-7(12)3-8(15)10(17)14-11-13-4-9(20-11)16(18)19/h3-6H,1-2H3,(H,13,14,17). The van der Waals surface area contributed by atoms with Crippen molar-refractivity contribution in [1.82, 2.24) is 9.55 Å². The Kier molecular flexibility index (Phi) is 4.19. The molecule has 7 nitrogen and oxygen atoms in total. The van der Waals surface area contributed by atoms with E-state index in [0.717, 1.165) is 22.0 Å². The van der Waals surface area contributed by atoms with Crippen molar-refractivity contribution in [1.29, 1.82) is 0 Å². The molecule has 0 aliphatic rings. The van der Waals surface area contributed by atoms with Crippen molar-refractivity contribution in [2.75, 3.05) is 5.32 Å². The SMILES string of the molecule is CC(C)n1cc(Br)cc1C(=O)Nc1ncc([N+](=O)[O-])s1. The Bertz CT molecular complexity index is 664. The second kappa shape index (κ2) is 5.71. The second-order valence-corrected chi connectivity index (χ2v) is 6.18. The van der Waals surface area contributed by atoms with E-state index in [-0.39, 0.29) is 22.1 Å². The van der Waals surface area contributed by atoms with Crippen LogP contribution in [0.2, 0.25) is 0 Å².